The van der Waals surface area contributed by atoms with Gasteiger partial charge in [-0.15, -0.1) is 0 Å². The molecule has 2 amide bonds. The molecule has 2 aromatic rings. The number of anilines is 1. The maximum atomic E-state index is 13.6. The molecular formula is C29H39N3O6. The van der Waals surface area contributed by atoms with Gasteiger partial charge in [0, 0.05) is 25.1 Å². The lowest BCUT2D eigenvalue weighted by Crippen LogP contribution is -2.48. The Bertz CT molecular complexity index is 1070. The van der Waals surface area contributed by atoms with Crippen molar-refractivity contribution in [3.63, 3.8) is 0 Å². The summed E-state index contributed by atoms with van der Waals surface area (Å²) in [4.78, 5) is 31.2. The van der Waals surface area contributed by atoms with E-state index in [0.717, 1.165) is 31.6 Å². The molecule has 2 aliphatic rings. The summed E-state index contributed by atoms with van der Waals surface area (Å²) >= 11 is 0. The summed E-state index contributed by atoms with van der Waals surface area (Å²) in [5.41, 5.74) is 1.43. The lowest BCUT2D eigenvalue weighted by atomic mass is 9.83. The summed E-state index contributed by atoms with van der Waals surface area (Å²) < 4.78 is 21.9. The molecule has 1 N–H and O–H groups in total. The molecule has 2 heterocycles. The third-order valence-corrected chi connectivity index (χ3v) is 7.47. The average molecular weight is 526 g/mol. The van der Waals surface area contributed by atoms with Gasteiger partial charge in [-0.2, -0.15) is 0 Å². The Morgan fingerprint density at radius 2 is 1.61 bits per heavy atom. The molecule has 0 bridgehead atoms. The van der Waals surface area contributed by atoms with Gasteiger partial charge in [0.2, 0.25) is 17.6 Å². The first-order chi connectivity index (χ1) is 18.5. The normalized spacial score (nSPS) is 19.8. The molecule has 38 heavy (non-hydrogen) atoms. The second kappa shape index (κ2) is 12.9. The van der Waals surface area contributed by atoms with Crippen LogP contribution < -0.4 is 29.2 Å². The van der Waals surface area contributed by atoms with E-state index in [1.54, 1.807) is 38.4 Å². The van der Waals surface area contributed by atoms with Gasteiger partial charge in [-0.3, -0.25) is 9.59 Å². The number of methoxy groups -OCH3 is 4. The van der Waals surface area contributed by atoms with Crippen LogP contribution in [0.1, 0.15) is 43.7 Å². The van der Waals surface area contributed by atoms with E-state index in [4.69, 9.17) is 18.9 Å². The van der Waals surface area contributed by atoms with E-state index in [0.29, 0.717) is 41.7 Å². The minimum Gasteiger partial charge on any atom is -0.497 e. The van der Waals surface area contributed by atoms with Gasteiger partial charge in [-0.1, -0.05) is 12.1 Å². The second-order valence-corrected chi connectivity index (χ2v) is 9.70. The fraction of sp³-hybridized carbons (Fsp3) is 0.517. The minimum absolute atomic E-state index is 0.0443. The Hall–Kier alpha value is -3.46. The van der Waals surface area contributed by atoms with Crippen molar-refractivity contribution in [2.45, 2.75) is 38.1 Å². The van der Waals surface area contributed by atoms with E-state index >= 15 is 0 Å². The topological polar surface area (TPSA) is 89.6 Å². The highest BCUT2D eigenvalue weighted by Gasteiger charge is 2.42. The number of nitrogens with one attached hydrogen (secondary N) is 1. The van der Waals surface area contributed by atoms with Crippen molar-refractivity contribution < 1.29 is 28.5 Å². The van der Waals surface area contributed by atoms with Gasteiger partial charge in [-0.05, 0) is 63.0 Å². The number of hydrogen-bond acceptors (Lipinski definition) is 7. The zero-order valence-corrected chi connectivity index (χ0v) is 22.8. The minimum atomic E-state index is -0.511. The number of carbonyl (C=O) groups excluding carboxylic acids is 2. The van der Waals surface area contributed by atoms with Crippen molar-refractivity contribution in [2.24, 2.45) is 5.92 Å². The Morgan fingerprint density at radius 1 is 0.947 bits per heavy atom. The highest BCUT2D eigenvalue weighted by Crippen LogP contribution is 2.46. The smallest absolute Gasteiger partial charge is 0.227 e. The number of hydrogen-bond donors (Lipinski definition) is 1. The monoisotopic (exact) mass is 525 g/mol. The van der Waals surface area contributed by atoms with Crippen LogP contribution in [0.3, 0.4) is 0 Å². The molecule has 2 fully saturated rings. The highest BCUT2D eigenvalue weighted by molar-refractivity contribution is 5.98. The molecule has 0 spiro atoms. The van der Waals surface area contributed by atoms with Crippen molar-refractivity contribution >= 4 is 17.5 Å². The first-order valence-electron chi connectivity index (χ1n) is 13.3. The van der Waals surface area contributed by atoms with Crippen LogP contribution in [-0.2, 0) is 9.59 Å². The SMILES string of the molecule is COc1ccc([C@H]2[C@H](C(=O)NCCCN3CCCC3)CCC(=O)N2c2cc(OC)c(OC)c(OC)c2)cc1. The summed E-state index contributed by atoms with van der Waals surface area (Å²) in [6.07, 6.45) is 4.14. The fourth-order valence-electron chi connectivity index (χ4n) is 5.51. The number of likely N-dealkylation sites (tertiary alicyclic amines) is 1. The van der Waals surface area contributed by atoms with E-state index in [1.807, 2.05) is 24.3 Å². The molecule has 206 valence electrons. The lowest BCUT2D eigenvalue weighted by molar-refractivity contribution is -0.129. The highest BCUT2D eigenvalue weighted by atomic mass is 16.5. The third kappa shape index (κ3) is 5.99. The Kier molecular flexibility index (Phi) is 9.33. The third-order valence-electron chi connectivity index (χ3n) is 7.47. The Morgan fingerprint density at radius 3 is 2.18 bits per heavy atom. The van der Waals surface area contributed by atoms with Gasteiger partial charge < -0.3 is 34.1 Å². The van der Waals surface area contributed by atoms with Crippen LogP contribution in [0.25, 0.3) is 0 Å². The number of piperidine rings is 1. The van der Waals surface area contributed by atoms with E-state index in [9.17, 15) is 9.59 Å². The fourth-order valence-corrected chi connectivity index (χ4v) is 5.51. The Labute approximate surface area is 225 Å². The van der Waals surface area contributed by atoms with Gasteiger partial charge in [0.15, 0.2) is 11.5 Å². The van der Waals surface area contributed by atoms with Crippen molar-refractivity contribution in [2.75, 3.05) is 59.5 Å². The molecule has 2 aliphatic heterocycles. The van der Waals surface area contributed by atoms with Gasteiger partial charge in [0.25, 0.3) is 0 Å². The molecule has 0 radical (unpaired) electrons. The van der Waals surface area contributed by atoms with E-state index in [1.165, 1.54) is 20.0 Å². The van der Waals surface area contributed by atoms with Crippen molar-refractivity contribution in [1.82, 2.24) is 10.2 Å². The molecule has 0 aliphatic carbocycles. The molecule has 0 unspecified atom stereocenters. The number of nitrogens with zero attached hydrogens (tertiary/aromatic N) is 2. The second-order valence-electron chi connectivity index (χ2n) is 9.70. The van der Waals surface area contributed by atoms with Crippen LogP contribution in [0.2, 0.25) is 0 Å². The maximum absolute atomic E-state index is 13.6. The van der Waals surface area contributed by atoms with Crippen LogP contribution in [0.5, 0.6) is 23.0 Å². The summed E-state index contributed by atoms with van der Waals surface area (Å²) in [5.74, 6) is 1.49. The van der Waals surface area contributed by atoms with E-state index in [2.05, 4.69) is 10.2 Å². The van der Waals surface area contributed by atoms with E-state index < -0.39 is 12.0 Å². The van der Waals surface area contributed by atoms with Crippen LogP contribution in [0.4, 0.5) is 5.69 Å². The number of amides is 2. The van der Waals surface area contributed by atoms with Gasteiger partial charge in [-0.25, -0.2) is 0 Å². The first-order valence-corrected chi connectivity index (χ1v) is 13.3. The van der Waals surface area contributed by atoms with E-state index in [-0.39, 0.29) is 18.2 Å². The summed E-state index contributed by atoms with van der Waals surface area (Å²) in [6.45, 7) is 3.88. The lowest BCUT2D eigenvalue weighted by Gasteiger charge is -2.41. The summed E-state index contributed by atoms with van der Waals surface area (Å²) in [5, 5.41) is 3.15. The molecular weight excluding hydrogens is 486 g/mol. The Balaban J connectivity index is 1.65. The molecule has 9 nitrogen and oxygen atoms in total. The van der Waals surface area contributed by atoms with Crippen LogP contribution >= 0.6 is 0 Å². The summed E-state index contributed by atoms with van der Waals surface area (Å²) in [7, 11) is 6.23. The maximum Gasteiger partial charge on any atom is 0.227 e. The molecule has 4 rings (SSSR count). The van der Waals surface area contributed by atoms with Crippen LogP contribution in [-0.4, -0.2) is 71.3 Å². The first kappa shape index (κ1) is 27.6. The summed E-state index contributed by atoms with van der Waals surface area (Å²) in [6, 6.07) is 10.5. The molecule has 0 saturated carbocycles. The standard InChI is InChI=1S/C29H39N3O6/c1-35-22-10-8-20(9-11-22)27-23(29(34)30-14-7-17-31-15-5-6-16-31)12-13-26(33)32(27)21-18-24(36-2)28(38-4)25(19-21)37-3/h8-11,18-19,23,27H,5-7,12-17H2,1-4H3,(H,30,34)/t23-,27+/m1/s1. The van der Waals surface area contributed by atoms with Crippen molar-refractivity contribution in [3.05, 3.63) is 42.0 Å². The van der Waals surface area contributed by atoms with Gasteiger partial charge in [0.1, 0.15) is 5.75 Å². The zero-order chi connectivity index (χ0) is 27.1. The quantitative estimate of drug-likeness (QED) is 0.446. The number of rotatable bonds is 11. The largest absolute Gasteiger partial charge is 0.497 e. The molecule has 2 atom stereocenters. The zero-order valence-electron chi connectivity index (χ0n) is 22.8. The van der Waals surface area contributed by atoms with Gasteiger partial charge in [0.05, 0.1) is 46.1 Å². The molecule has 0 aromatic heterocycles. The van der Waals surface area contributed by atoms with Crippen molar-refractivity contribution in [1.29, 1.82) is 0 Å². The molecule has 2 saturated heterocycles. The van der Waals surface area contributed by atoms with Gasteiger partial charge >= 0.3 is 0 Å². The molecule has 9 heteroatoms. The molecule has 2 aromatic carbocycles. The number of carbonyl (C=O) groups is 2. The number of benzene rings is 2. The van der Waals surface area contributed by atoms with Crippen molar-refractivity contribution in [3.8, 4) is 23.0 Å². The van der Waals surface area contributed by atoms with Crippen LogP contribution in [0, 0.1) is 5.92 Å². The predicted octanol–water partition coefficient (Wildman–Crippen LogP) is 3.81. The average Bonchev–Trinajstić information content (AvgIpc) is 3.48. The van der Waals surface area contributed by atoms with Crippen LogP contribution in [0.15, 0.2) is 36.4 Å². The number of ether oxygens (including phenoxy) is 4. The predicted molar refractivity (Wildman–Crippen MR) is 145 cm³/mol.